The van der Waals surface area contributed by atoms with Gasteiger partial charge in [-0.3, -0.25) is 0 Å². The van der Waals surface area contributed by atoms with E-state index in [1.54, 1.807) is 12.1 Å². The van der Waals surface area contributed by atoms with Gasteiger partial charge in [-0.15, -0.1) is 0 Å². The number of hydrogen-bond donors (Lipinski definition) is 1. The van der Waals surface area contributed by atoms with Crippen LogP contribution in [0.4, 0.5) is 5.95 Å². The van der Waals surface area contributed by atoms with Gasteiger partial charge < -0.3 is 5.32 Å². The summed E-state index contributed by atoms with van der Waals surface area (Å²) in [5.41, 5.74) is 0. The smallest absolute Gasteiger partial charge is 0.250 e. The lowest BCUT2D eigenvalue weighted by Gasteiger charge is -2.12. The average molecular weight is 384 g/mol. The molecule has 0 fully saturated rings. The third kappa shape index (κ3) is 5.04. The summed E-state index contributed by atoms with van der Waals surface area (Å²) >= 11 is 24.7. The predicted molar refractivity (Wildman–Crippen MR) is 88.8 cm³/mol. The molecule has 1 N–H and O–H groups in total. The first-order valence-electron chi connectivity index (χ1n) is 5.89. The third-order valence-corrected chi connectivity index (χ3v) is 3.86. The highest BCUT2D eigenvalue weighted by Crippen LogP contribution is 2.37. The van der Waals surface area contributed by atoms with Crippen LogP contribution in [0.3, 0.4) is 0 Å². The van der Waals surface area contributed by atoms with Crippen LogP contribution < -0.4 is 5.32 Å². The van der Waals surface area contributed by atoms with E-state index in [1.165, 1.54) is 11.8 Å². The summed E-state index contributed by atoms with van der Waals surface area (Å²) in [7, 11) is 0. The van der Waals surface area contributed by atoms with Crippen LogP contribution in [0.1, 0.15) is 12.7 Å². The molecule has 0 bridgehead atoms. The molecular formula is C12H10Cl4N4S. The number of anilines is 1. The van der Waals surface area contributed by atoms with Crippen molar-refractivity contribution in [3.63, 3.8) is 0 Å². The molecule has 112 valence electrons. The molecule has 21 heavy (non-hydrogen) atoms. The number of nitrogens with zero attached hydrogens (tertiary/aromatic N) is 3. The third-order valence-electron chi connectivity index (χ3n) is 2.23. The number of halogens is 4. The van der Waals surface area contributed by atoms with E-state index in [4.69, 9.17) is 46.4 Å². The summed E-state index contributed by atoms with van der Waals surface area (Å²) in [6, 6.07) is 7.29. The number of alkyl halides is 3. The van der Waals surface area contributed by atoms with Crippen LogP contribution in [-0.4, -0.2) is 21.5 Å². The van der Waals surface area contributed by atoms with Gasteiger partial charge in [-0.05, 0) is 43.0 Å². The van der Waals surface area contributed by atoms with Gasteiger partial charge in [-0.25, -0.2) is 4.98 Å². The van der Waals surface area contributed by atoms with Crippen LogP contribution in [0.25, 0.3) is 0 Å². The van der Waals surface area contributed by atoms with E-state index in [2.05, 4.69) is 20.3 Å². The van der Waals surface area contributed by atoms with E-state index in [0.717, 1.165) is 4.90 Å². The predicted octanol–water partition coefficient (Wildman–Crippen LogP) is 4.93. The van der Waals surface area contributed by atoms with Crippen LogP contribution in [0.2, 0.25) is 5.02 Å². The van der Waals surface area contributed by atoms with Gasteiger partial charge in [-0.2, -0.15) is 9.97 Å². The number of rotatable bonds is 4. The molecule has 4 nitrogen and oxygen atoms in total. The number of aromatic nitrogens is 3. The van der Waals surface area contributed by atoms with E-state index in [0.29, 0.717) is 22.7 Å². The van der Waals surface area contributed by atoms with Crippen molar-refractivity contribution in [1.82, 2.24) is 15.0 Å². The van der Waals surface area contributed by atoms with E-state index in [1.807, 2.05) is 19.1 Å². The Hall–Kier alpha value is -0.460. The maximum atomic E-state index is 5.85. The average Bonchev–Trinajstić information content (AvgIpc) is 2.41. The van der Waals surface area contributed by atoms with E-state index in [-0.39, 0.29) is 5.82 Å². The van der Waals surface area contributed by atoms with Gasteiger partial charge in [0.25, 0.3) is 0 Å². The van der Waals surface area contributed by atoms with E-state index in [9.17, 15) is 0 Å². The van der Waals surface area contributed by atoms with Crippen LogP contribution >= 0.6 is 58.2 Å². The minimum atomic E-state index is -1.71. The molecule has 9 heteroatoms. The summed E-state index contributed by atoms with van der Waals surface area (Å²) in [6.45, 7) is 2.57. The lowest BCUT2D eigenvalue weighted by molar-refractivity contribution is 0.825. The summed E-state index contributed by atoms with van der Waals surface area (Å²) in [5, 5.41) is 4.08. The van der Waals surface area contributed by atoms with Crippen LogP contribution in [-0.2, 0) is 3.79 Å². The lowest BCUT2D eigenvalue weighted by Crippen LogP contribution is -2.13. The Morgan fingerprint density at radius 1 is 1.10 bits per heavy atom. The molecule has 1 aromatic heterocycles. The van der Waals surface area contributed by atoms with Crippen molar-refractivity contribution in [1.29, 1.82) is 0 Å². The molecule has 0 aliphatic heterocycles. The molecule has 0 saturated carbocycles. The quantitative estimate of drug-likeness (QED) is 0.758. The van der Waals surface area contributed by atoms with Gasteiger partial charge in [0.05, 0.1) is 0 Å². The monoisotopic (exact) mass is 382 g/mol. The molecule has 0 radical (unpaired) electrons. The second-order valence-corrected chi connectivity index (χ2v) is 7.61. The Labute approximate surface area is 146 Å². The zero-order chi connectivity index (χ0) is 15.5. The van der Waals surface area contributed by atoms with E-state index >= 15 is 0 Å². The molecule has 0 amide bonds. The highest BCUT2D eigenvalue weighted by Gasteiger charge is 2.28. The molecule has 0 aliphatic carbocycles. The van der Waals surface area contributed by atoms with Crippen molar-refractivity contribution in [2.75, 3.05) is 11.9 Å². The Bertz CT molecular complexity index is 616. The normalized spacial score (nSPS) is 11.5. The molecule has 0 aliphatic rings. The fraction of sp³-hybridized carbons (Fsp3) is 0.250. The summed E-state index contributed by atoms with van der Waals surface area (Å²) in [5.74, 6) is 0.445. The van der Waals surface area contributed by atoms with Crippen molar-refractivity contribution in [3.05, 3.63) is 35.1 Å². The summed E-state index contributed by atoms with van der Waals surface area (Å²) in [4.78, 5) is 13.5. The Morgan fingerprint density at radius 2 is 1.76 bits per heavy atom. The van der Waals surface area contributed by atoms with Gasteiger partial charge in [0.15, 0.2) is 11.0 Å². The van der Waals surface area contributed by atoms with Crippen LogP contribution in [0.5, 0.6) is 0 Å². The topological polar surface area (TPSA) is 50.7 Å². The van der Waals surface area contributed by atoms with Gasteiger partial charge in [-0.1, -0.05) is 46.4 Å². The lowest BCUT2D eigenvalue weighted by atomic mass is 10.4. The Morgan fingerprint density at radius 3 is 2.33 bits per heavy atom. The second kappa shape index (κ2) is 7.20. The number of benzene rings is 1. The molecule has 0 atom stereocenters. The number of hydrogen-bond acceptors (Lipinski definition) is 5. The van der Waals surface area contributed by atoms with Crippen molar-refractivity contribution in [2.45, 2.75) is 20.8 Å². The largest absolute Gasteiger partial charge is 0.354 e. The molecule has 0 spiro atoms. The van der Waals surface area contributed by atoms with Gasteiger partial charge in [0.1, 0.15) is 0 Å². The van der Waals surface area contributed by atoms with Gasteiger partial charge >= 0.3 is 0 Å². The Balaban J connectivity index is 2.33. The zero-order valence-electron chi connectivity index (χ0n) is 10.8. The zero-order valence-corrected chi connectivity index (χ0v) is 14.6. The van der Waals surface area contributed by atoms with E-state index < -0.39 is 3.79 Å². The van der Waals surface area contributed by atoms with Crippen molar-refractivity contribution in [2.24, 2.45) is 0 Å². The van der Waals surface area contributed by atoms with Crippen LogP contribution in [0.15, 0.2) is 34.3 Å². The van der Waals surface area contributed by atoms with Crippen LogP contribution in [0, 0.1) is 0 Å². The molecule has 1 aromatic carbocycles. The molecule has 2 rings (SSSR count). The fourth-order valence-corrected chi connectivity index (χ4v) is 2.50. The minimum Gasteiger partial charge on any atom is -0.354 e. The second-order valence-electron chi connectivity index (χ2n) is 3.85. The van der Waals surface area contributed by atoms with Gasteiger partial charge in [0, 0.05) is 16.5 Å². The molecular weight excluding hydrogens is 374 g/mol. The molecule has 0 saturated heterocycles. The van der Waals surface area contributed by atoms with Crippen molar-refractivity contribution < 1.29 is 0 Å². The van der Waals surface area contributed by atoms with Crippen molar-refractivity contribution >= 4 is 64.1 Å². The summed E-state index contributed by atoms with van der Waals surface area (Å²) < 4.78 is -1.71. The minimum absolute atomic E-state index is 0.0786. The maximum Gasteiger partial charge on any atom is 0.250 e. The fourth-order valence-electron chi connectivity index (χ4n) is 1.37. The maximum absolute atomic E-state index is 5.85. The van der Waals surface area contributed by atoms with Crippen molar-refractivity contribution in [3.8, 4) is 0 Å². The standard InChI is InChI=1S/C12H10Cl4N4S/c1-2-17-10-18-9(12(14,15)16)19-11(20-10)21-8-5-3-7(13)4-6-8/h3-6H,2H2,1H3,(H,17,18,19,20). The first kappa shape index (κ1) is 16.9. The highest BCUT2D eigenvalue weighted by molar-refractivity contribution is 7.99. The molecule has 0 unspecified atom stereocenters. The van der Waals surface area contributed by atoms with Gasteiger partial charge in [0.2, 0.25) is 9.74 Å². The molecule has 1 heterocycles. The number of nitrogens with one attached hydrogen (secondary N) is 1. The first-order chi connectivity index (χ1) is 9.88. The first-order valence-corrected chi connectivity index (χ1v) is 8.22. The molecule has 2 aromatic rings. The summed E-state index contributed by atoms with van der Waals surface area (Å²) in [6.07, 6.45) is 0. The highest BCUT2D eigenvalue weighted by atomic mass is 35.6. The SMILES string of the molecule is CCNc1nc(Sc2ccc(Cl)cc2)nc(C(Cl)(Cl)Cl)n1. The Kier molecular flexibility index (Phi) is 5.80.